The van der Waals surface area contributed by atoms with Gasteiger partial charge < -0.3 is 16.0 Å². The van der Waals surface area contributed by atoms with Gasteiger partial charge in [-0.3, -0.25) is 14.4 Å². The zero-order valence-electron chi connectivity index (χ0n) is 15.0. The van der Waals surface area contributed by atoms with Gasteiger partial charge in [0.1, 0.15) is 0 Å². The monoisotopic (exact) mass is 434 g/mol. The number of hydrogen-bond acceptors (Lipinski definition) is 7. The number of carbonyl (C=O) groups excluding carboxylic acids is 3. The minimum Gasteiger partial charge on any atom is -0.351 e. The minimum absolute atomic E-state index is 0.0693. The van der Waals surface area contributed by atoms with E-state index in [0.717, 1.165) is 15.4 Å². The first-order valence-corrected chi connectivity index (χ1v) is 11.0. The molecular formula is C18H18N4O3S3. The number of aromatic nitrogens is 1. The summed E-state index contributed by atoms with van der Waals surface area (Å²) < 4.78 is 0. The lowest BCUT2D eigenvalue weighted by Gasteiger charge is -2.04. The lowest BCUT2D eigenvalue weighted by Crippen LogP contribution is -2.27. The van der Waals surface area contributed by atoms with Gasteiger partial charge in [0.25, 0.3) is 5.91 Å². The summed E-state index contributed by atoms with van der Waals surface area (Å²) >= 11 is 4.34. The molecule has 0 unspecified atom stereocenters. The summed E-state index contributed by atoms with van der Waals surface area (Å²) in [7, 11) is 0. The van der Waals surface area contributed by atoms with Gasteiger partial charge in [0.15, 0.2) is 5.13 Å². The molecule has 0 saturated heterocycles. The second-order valence-electron chi connectivity index (χ2n) is 5.78. The highest BCUT2D eigenvalue weighted by Gasteiger charge is 2.11. The Morgan fingerprint density at radius 3 is 2.71 bits per heavy atom. The number of hydrogen-bond donors (Lipinski definition) is 3. The van der Waals surface area contributed by atoms with Crippen LogP contribution in [0.25, 0.3) is 10.6 Å². The molecule has 28 heavy (non-hydrogen) atoms. The fourth-order valence-corrected chi connectivity index (χ4v) is 4.58. The topological polar surface area (TPSA) is 100 Å². The number of nitrogens with one attached hydrogen (secondary N) is 3. The Hall–Kier alpha value is -2.56. The molecule has 0 spiro atoms. The Labute approximate surface area is 173 Å². The molecule has 0 fully saturated rings. The number of nitrogens with zero attached hydrogens (tertiary/aromatic N) is 1. The largest absolute Gasteiger partial charge is 0.351 e. The van der Waals surface area contributed by atoms with Crippen molar-refractivity contribution >= 4 is 56.9 Å². The van der Waals surface area contributed by atoms with Crippen molar-refractivity contribution in [1.29, 1.82) is 0 Å². The molecule has 0 aliphatic carbocycles. The highest BCUT2D eigenvalue weighted by molar-refractivity contribution is 7.17. The third-order valence-corrected chi connectivity index (χ3v) is 6.15. The van der Waals surface area contributed by atoms with E-state index in [1.165, 1.54) is 29.6 Å². The lowest BCUT2D eigenvalue weighted by molar-refractivity contribution is -0.119. The standard InChI is InChI=1S/C18H18N4O3S3/c1-11(23)20-8-13-2-3-15(28-13)14-10-27-18(21-14)22-16(24)4-6-19-17(25)12-5-7-26-9-12/h2-3,5,7,9-10H,4,6,8H2,1H3,(H,19,25)(H,20,23)(H,21,22,24). The number of rotatable bonds is 8. The van der Waals surface area contributed by atoms with Gasteiger partial charge in [0.2, 0.25) is 11.8 Å². The van der Waals surface area contributed by atoms with Gasteiger partial charge in [-0.2, -0.15) is 11.3 Å². The quantitative estimate of drug-likeness (QED) is 0.506. The molecule has 0 aromatic carbocycles. The normalized spacial score (nSPS) is 10.5. The molecule has 0 radical (unpaired) electrons. The molecule has 3 N–H and O–H groups in total. The molecule has 3 aromatic rings. The Balaban J connectivity index is 1.46. The van der Waals surface area contributed by atoms with Crippen molar-refractivity contribution in [1.82, 2.24) is 15.6 Å². The van der Waals surface area contributed by atoms with E-state index in [1.54, 1.807) is 22.8 Å². The summed E-state index contributed by atoms with van der Waals surface area (Å²) in [5.41, 5.74) is 1.38. The van der Waals surface area contributed by atoms with Crippen molar-refractivity contribution in [3.05, 3.63) is 44.8 Å². The highest BCUT2D eigenvalue weighted by Crippen LogP contribution is 2.30. The number of anilines is 1. The van der Waals surface area contributed by atoms with Gasteiger partial charge in [-0.15, -0.1) is 22.7 Å². The molecule has 7 nitrogen and oxygen atoms in total. The predicted molar refractivity (Wildman–Crippen MR) is 113 cm³/mol. The molecule has 0 aliphatic rings. The summed E-state index contributed by atoms with van der Waals surface area (Å²) in [5.74, 6) is -0.456. The van der Waals surface area contributed by atoms with Crippen LogP contribution in [0, 0.1) is 0 Å². The Morgan fingerprint density at radius 2 is 1.96 bits per heavy atom. The van der Waals surface area contributed by atoms with Crippen LogP contribution in [0.4, 0.5) is 5.13 Å². The van der Waals surface area contributed by atoms with Crippen molar-refractivity contribution < 1.29 is 14.4 Å². The van der Waals surface area contributed by atoms with Crippen LogP contribution in [0.15, 0.2) is 34.3 Å². The van der Waals surface area contributed by atoms with E-state index < -0.39 is 0 Å². The van der Waals surface area contributed by atoms with Crippen LogP contribution >= 0.6 is 34.0 Å². The molecule has 0 aliphatic heterocycles. The molecule has 0 atom stereocenters. The summed E-state index contributed by atoms with van der Waals surface area (Å²) in [5, 5.41) is 14.2. The molecule has 3 heterocycles. The Bertz CT molecular complexity index is 963. The van der Waals surface area contributed by atoms with Crippen LogP contribution in [-0.2, 0) is 16.1 Å². The summed E-state index contributed by atoms with van der Waals surface area (Å²) in [4.78, 5) is 41.3. The molecule has 3 amide bonds. The summed E-state index contributed by atoms with van der Waals surface area (Å²) in [6.45, 7) is 2.23. The lowest BCUT2D eigenvalue weighted by atomic mass is 10.3. The number of carbonyl (C=O) groups is 3. The third-order valence-electron chi connectivity index (χ3n) is 3.60. The van der Waals surface area contributed by atoms with Crippen molar-refractivity contribution in [3.63, 3.8) is 0 Å². The first kappa shape index (κ1) is 20.2. The van der Waals surface area contributed by atoms with E-state index in [0.29, 0.717) is 17.2 Å². The Morgan fingerprint density at radius 1 is 1.11 bits per heavy atom. The fraction of sp³-hybridized carbons (Fsp3) is 0.222. The van der Waals surface area contributed by atoms with Gasteiger partial charge >= 0.3 is 0 Å². The molecule has 3 aromatic heterocycles. The van der Waals surface area contributed by atoms with Crippen LogP contribution in [0.3, 0.4) is 0 Å². The van der Waals surface area contributed by atoms with Gasteiger partial charge in [-0.1, -0.05) is 0 Å². The maximum Gasteiger partial charge on any atom is 0.252 e. The maximum atomic E-state index is 12.0. The molecular weight excluding hydrogens is 416 g/mol. The first-order chi connectivity index (χ1) is 13.5. The Kier molecular flexibility index (Phi) is 6.90. The van der Waals surface area contributed by atoms with Gasteiger partial charge in [0.05, 0.1) is 17.1 Å². The first-order valence-electron chi connectivity index (χ1n) is 8.40. The molecule has 10 heteroatoms. The SMILES string of the molecule is CC(=O)NCc1ccc(-c2csc(NC(=O)CCNC(=O)c3ccsc3)n2)s1. The van der Waals surface area contributed by atoms with Crippen molar-refractivity contribution in [2.45, 2.75) is 19.9 Å². The number of thiazole rings is 1. The zero-order chi connectivity index (χ0) is 19.9. The van der Waals surface area contributed by atoms with E-state index in [4.69, 9.17) is 0 Å². The smallest absolute Gasteiger partial charge is 0.252 e. The highest BCUT2D eigenvalue weighted by atomic mass is 32.1. The average molecular weight is 435 g/mol. The van der Waals surface area contributed by atoms with Gasteiger partial charge in [0, 0.05) is 41.1 Å². The van der Waals surface area contributed by atoms with Crippen LogP contribution in [0.2, 0.25) is 0 Å². The number of thiophene rings is 2. The van der Waals surface area contributed by atoms with Crippen molar-refractivity contribution in [2.75, 3.05) is 11.9 Å². The number of amides is 3. The second kappa shape index (κ2) is 9.58. The summed E-state index contributed by atoms with van der Waals surface area (Å²) in [6.07, 6.45) is 0.171. The van der Waals surface area contributed by atoms with Crippen LogP contribution in [0.1, 0.15) is 28.6 Å². The van der Waals surface area contributed by atoms with E-state index in [1.807, 2.05) is 22.9 Å². The van der Waals surface area contributed by atoms with E-state index >= 15 is 0 Å². The van der Waals surface area contributed by atoms with Crippen LogP contribution < -0.4 is 16.0 Å². The maximum absolute atomic E-state index is 12.0. The molecule has 0 saturated carbocycles. The average Bonchev–Trinajstić information content (AvgIpc) is 3.40. The van der Waals surface area contributed by atoms with E-state index in [2.05, 4.69) is 20.9 Å². The summed E-state index contributed by atoms with van der Waals surface area (Å²) in [6, 6.07) is 5.63. The molecule has 0 bridgehead atoms. The second-order valence-corrected chi connectivity index (χ2v) is 8.59. The fourth-order valence-electron chi connectivity index (χ4n) is 2.23. The zero-order valence-corrected chi connectivity index (χ0v) is 17.4. The molecule has 3 rings (SSSR count). The third kappa shape index (κ3) is 5.72. The van der Waals surface area contributed by atoms with Crippen LogP contribution in [0.5, 0.6) is 0 Å². The van der Waals surface area contributed by atoms with Crippen molar-refractivity contribution in [3.8, 4) is 10.6 Å². The van der Waals surface area contributed by atoms with E-state index in [-0.39, 0.29) is 30.7 Å². The van der Waals surface area contributed by atoms with Gasteiger partial charge in [-0.05, 0) is 23.6 Å². The minimum atomic E-state index is -0.205. The van der Waals surface area contributed by atoms with Crippen molar-refractivity contribution in [2.24, 2.45) is 0 Å². The predicted octanol–water partition coefficient (Wildman–Crippen LogP) is 3.33. The van der Waals surface area contributed by atoms with Gasteiger partial charge in [-0.25, -0.2) is 4.98 Å². The van der Waals surface area contributed by atoms with E-state index in [9.17, 15) is 14.4 Å². The molecule has 146 valence electrons. The van der Waals surface area contributed by atoms with Crippen LogP contribution in [-0.4, -0.2) is 29.3 Å².